The molecule has 2 amide bonds. The number of carbonyl (C=O) groups is 4. The largest absolute Gasteiger partial charge is 0.291 e. The van der Waals surface area contributed by atoms with Crippen molar-refractivity contribution in [3.63, 3.8) is 0 Å². The first-order valence-corrected chi connectivity index (χ1v) is 7.42. The van der Waals surface area contributed by atoms with E-state index in [-0.39, 0.29) is 0 Å². The van der Waals surface area contributed by atoms with Gasteiger partial charge in [0.25, 0.3) is 11.8 Å². The highest BCUT2D eigenvalue weighted by Gasteiger charge is 2.72. The van der Waals surface area contributed by atoms with Gasteiger partial charge in [-0.15, -0.1) is 0 Å². The second kappa shape index (κ2) is 4.97. The van der Waals surface area contributed by atoms with Crippen LogP contribution in [0.2, 0.25) is 0 Å². The molecule has 23 heavy (non-hydrogen) atoms. The third-order valence-electron chi connectivity index (χ3n) is 5.33. The van der Waals surface area contributed by atoms with Crippen LogP contribution >= 0.6 is 0 Å². The Morgan fingerprint density at radius 1 is 1.17 bits per heavy atom. The molecule has 0 spiro atoms. The van der Waals surface area contributed by atoms with Gasteiger partial charge >= 0.3 is 0 Å². The van der Waals surface area contributed by atoms with E-state index in [1.165, 1.54) is 24.5 Å². The molecule has 0 aromatic carbocycles. The van der Waals surface area contributed by atoms with Gasteiger partial charge in [0.2, 0.25) is 11.6 Å². The number of hydrazine groups is 1. The Hall–Kier alpha value is -2.57. The summed E-state index contributed by atoms with van der Waals surface area (Å²) < 4.78 is 0. The molecule has 7 heteroatoms. The summed E-state index contributed by atoms with van der Waals surface area (Å²) in [5.74, 6) is -2.67. The smallest absolute Gasteiger partial charge is 0.269 e. The van der Waals surface area contributed by atoms with Crippen molar-refractivity contribution >= 4 is 23.4 Å². The number of Topliss-reactive ketones (excluding diaryl/α,β-unsaturated/α-hetero) is 2. The Morgan fingerprint density at radius 2 is 1.83 bits per heavy atom. The normalized spacial score (nSPS) is 27.8. The number of ketones is 2. The maximum Gasteiger partial charge on any atom is 0.269 e. The van der Waals surface area contributed by atoms with Crippen molar-refractivity contribution in [1.29, 1.82) is 0 Å². The molecule has 2 unspecified atom stereocenters. The van der Waals surface area contributed by atoms with Gasteiger partial charge in [-0.25, -0.2) is 0 Å². The second-order valence-electron chi connectivity index (χ2n) is 6.56. The van der Waals surface area contributed by atoms with Crippen LogP contribution < -0.4 is 10.9 Å². The number of nitrogens with one attached hydrogen (secondary N) is 2. The van der Waals surface area contributed by atoms with E-state index in [2.05, 4.69) is 15.8 Å². The number of amides is 2. The summed E-state index contributed by atoms with van der Waals surface area (Å²) in [5, 5.41) is 0. The zero-order chi connectivity index (χ0) is 16.8. The predicted molar refractivity (Wildman–Crippen MR) is 78.8 cm³/mol. The van der Waals surface area contributed by atoms with Gasteiger partial charge in [-0.2, -0.15) is 0 Å². The maximum absolute atomic E-state index is 12.6. The van der Waals surface area contributed by atoms with Crippen LogP contribution in [0, 0.1) is 16.7 Å². The van der Waals surface area contributed by atoms with Gasteiger partial charge < -0.3 is 0 Å². The first-order valence-electron chi connectivity index (χ1n) is 7.42. The molecule has 120 valence electrons. The lowest BCUT2D eigenvalue weighted by Crippen LogP contribution is -2.55. The van der Waals surface area contributed by atoms with E-state index < -0.39 is 40.1 Å². The average Bonchev–Trinajstić information content (AvgIpc) is 2.89. The van der Waals surface area contributed by atoms with E-state index in [1.54, 1.807) is 13.8 Å². The number of nitrogens with zero attached hydrogens (tertiary/aromatic N) is 1. The zero-order valence-corrected chi connectivity index (χ0v) is 12.9. The Kier molecular flexibility index (Phi) is 3.31. The number of fused-ring (bicyclic) bond motifs is 2. The quantitative estimate of drug-likeness (QED) is 0.467. The molecule has 2 aliphatic rings. The fourth-order valence-corrected chi connectivity index (χ4v) is 3.88. The van der Waals surface area contributed by atoms with Gasteiger partial charge in [-0.05, 0) is 30.4 Å². The standard InChI is InChI=1S/C16H17N3O4/c1-15(2)10-3-6-16(15,12(21)11(10)20)14(23)19-18-13(22)9-4-7-17-8-5-9/h4-5,7-8,10H,3,6H2,1-2H3,(H,18,22)(H,19,23). The zero-order valence-electron chi connectivity index (χ0n) is 12.9. The highest BCUT2D eigenvalue weighted by Crippen LogP contribution is 2.62. The van der Waals surface area contributed by atoms with Crippen LogP contribution in [0.25, 0.3) is 0 Å². The molecule has 3 rings (SSSR count). The molecule has 7 nitrogen and oxygen atoms in total. The minimum atomic E-state index is -1.39. The summed E-state index contributed by atoms with van der Waals surface area (Å²) in [6, 6.07) is 3.00. The van der Waals surface area contributed by atoms with Crippen LogP contribution in [0.3, 0.4) is 0 Å². The molecular formula is C16H17N3O4. The summed E-state index contributed by atoms with van der Waals surface area (Å²) in [4.78, 5) is 52.8. The molecule has 2 N–H and O–H groups in total. The molecular weight excluding hydrogens is 298 g/mol. The molecule has 1 heterocycles. The predicted octanol–water partition coefficient (Wildman–Crippen LogP) is 0.417. The van der Waals surface area contributed by atoms with E-state index >= 15 is 0 Å². The van der Waals surface area contributed by atoms with Crippen LogP contribution in [-0.4, -0.2) is 28.4 Å². The summed E-state index contributed by atoms with van der Waals surface area (Å²) in [6.07, 6.45) is 3.76. The Labute approximate surface area is 132 Å². The number of hydrogen-bond acceptors (Lipinski definition) is 5. The Morgan fingerprint density at radius 3 is 2.39 bits per heavy atom. The van der Waals surface area contributed by atoms with Gasteiger partial charge in [0.05, 0.1) is 0 Å². The average molecular weight is 315 g/mol. The van der Waals surface area contributed by atoms with Crippen molar-refractivity contribution in [2.45, 2.75) is 26.7 Å². The molecule has 0 saturated heterocycles. The molecule has 1 aromatic heterocycles. The number of rotatable bonds is 2. The van der Waals surface area contributed by atoms with E-state index in [9.17, 15) is 19.2 Å². The number of hydrogen-bond donors (Lipinski definition) is 2. The van der Waals surface area contributed by atoms with Crippen molar-refractivity contribution in [3.05, 3.63) is 30.1 Å². The molecule has 2 bridgehead atoms. The molecule has 2 aliphatic carbocycles. The molecule has 0 radical (unpaired) electrons. The minimum absolute atomic E-state index is 0.326. The van der Waals surface area contributed by atoms with E-state index in [4.69, 9.17) is 0 Å². The van der Waals surface area contributed by atoms with Crippen molar-refractivity contribution in [2.24, 2.45) is 16.7 Å². The number of pyridine rings is 1. The highest BCUT2D eigenvalue weighted by atomic mass is 16.2. The first-order chi connectivity index (χ1) is 10.8. The van der Waals surface area contributed by atoms with Gasteiger partial charge in [-0.1, -0.05) is 13.8 Å². The third-order valence-corrected chi connectivity index (χ3v) is 5.33. The van der Waals surface area contributed by atoms with Gasteiger partial charge in [-0.3, -0.25) is 35.0 Å². The highest BCUT2D eigenvalue weighted by molar-refractivity contribution is 6.47. The van der Waals surface area contributed by atoms with Crippen molar-refractivity contribution in [1.82, 2.24) is 15.8 Å². The van der Waals surface area contributed by atoms with Gasteiger partial charge in [0.1, 0.15) is 5.41 Å². The van der Waals surface area contributed by atoms with Gasteiger partial charge in [0.15, 0.2) is 0 Å². The summed E-state index contributed by atoms with van der Waals surface area (Å²) in [7, 11) is 0. The number of aromatic nitrogens is 1. The minimum Gasteiger partial charge on any atom is -0.291 e. The van der Waals surface area contributed by atoms with E-state index in [0.717, 1.165) is 0 Å². The van der Waals surface area contributed by atoms with Crippen LogP contribution in [0.4, 0.5) is 0 Å². The SMILES string of the molecule is CC1(C)C2CCC1(C(=O)NNC(=O)c1ccncc1)C(=O)C2=O. The van der Waals surface area contributed by atoms with Crippen LogP contribution in [0.1, 0.15) is 37.0 Å². The van der Waals surface area contributed by atoms with E-state index in [1.807, 2.05) is 0 Å². The second-order valence-corrected chi connectivity index (χ2v) is 6.56. The monoisotopic (exact) mass is 315 g/mol. The lowest BCUT2D eigenvalue weighted by molar-refractivity contribution is -0.149. The van der Waals surface area contributed by atoms with Crippen LogP contribution in [0.15, 0.2) is 24.5 Å². The van der Waals surface area contributed by atoms with Crippen molar-refractivity contribution in [3.8, 4) is 0 Å². The summed E-state index contributed by atoms with van der Waals surface area (Å²) >= 11 is 0. The fraction of sp³-hybridized carbons (Fsp3) is 0.438. The van der Waals surface area contributed by atoms with Crippen molar-refractivity contribution < 1.29 is 19.2 Å². The van der Waals surface area contributed by atoms with Gasteiger partial charge in [0, 0.05) is 23.9 Å². The Bertz CT molecular complexity index is 713. The van der Waals surface area contributed by atoms with Crippen molar-refractivity contribution in [2.75, 3.05) is 0 Å². The summed E-state index contributed by atoms with van der Waals surface area (Å²) in [6.45, 7) is 3.52. The number of carbonyl (C=O) groups excluding carboxylic acids is 4. The van der Waals surface area contributed by atoms with Crippen LogP contribution in [-0.2, 0) is 14.4 Å². The lowest BCUT2D eigenvalue weighted by atomic mass is 9.68. The summed E-state index contributed by atoms with van der Waals surface area (Å²) in [5.41, 5.74) is 2.81. The fourth-order valence-electron chi connectivity index (χ4n) is 3.88. The Balaban J connectivity index is 1.77. The third kappa shape index (κ3) is 1.92. The topological polar surface area (TPSA) is 105 Å². The van der Waals surface area contributed by atoms with E-state index in [0.29, 0.717) is 18.4 Å². The van der Waals surface area contributed by atoms with Crippen LogP contribution in [0.5, 0.6) is 0 Å². The lowest BCUT2D eigenvalue weighted by Gasteiger charge is -2.33. The molecule has 2 atom stereocenters. The molecule has 0 aliphatic heterocycles. The molecule has 2 fully saturated rings. The molecule has 1 aromatic rings. The maximum atomic E-state index is 12.6. The molecule has 2 saturated carbocycles. The first kappa shape index (κ1) is 15.3.